The highest BCUT2D eigenvalue weighted by atomic mass is 16.2. The molecule has 0 spiro atoms. The quantitative estimate of drug-likeness (QED) is 0.654. The van der Waals surface area contributed by atoms with Crippen molar-refractivity contribution in [3.8, 4) is 0 Å². The molecule has 6 nitrogen and oxygen atoms in total. The van der Waals surface area contributed by atoms with Crippen LogP contribution in [0.3, 0.4) is 0 Å². The minimum Gasteiger partial charge on any atom is -0.350 e. The number of likely N-dealkylation sites (tertiary alicyclic amines) is 1. The first-order valence-corrected chi connectivity index (χ1v) is 12.2. The van der Waals surface area contributed by atoms with E-state index in [9.17, 15) is 9.59 Å². The molecule has 3 heterocycles. The molecule has 1 N–H and O–H groups in total. The molecule has 1 aromatic carbocycles. The van der Waals surface area contributed by atoms with Gasteiger partial charge in [-0.05, 0) is 44.8 Å². The molecular weight excluding hydrogens is 400 g/mol. The Morgan fingerprint density at radius 3 is 2.66 bits per heavy atom. The zero-order valence-corrected chi connectivity index (χ0v) is 19.3. The van der Waals surface area contributed by atoms with E-state index in [2.05, 4.69) is 17.1 Å². The Balaban J connectivity index is 1.61. The van der Waals surface area contributed by atoms with Crippen LogP contribution in [0.25, 0.3) is 21.8 Å². The molecule has 2 aromatic heterocycles. The predicted octanol–water partition coefficient (Wildman–Crippen LogP) is 4.21. The second-order valence-corrected chi connectivity index (χ2v) is 9.48. The predicted molar refractivity (Wildman–Crippen MR) is 129 cm³/mol. The lowest BCUT2D eigenvalue weighted by Crippen LogP contribution is -2.40. The van der Waals surface area contributed by atoms with Crippen LogP contribution >= 0.6 is 0 Å². The fourth-order valence-electron chi connectivity index (χ4n) is 5.95. The minimum absolute atomic E-state index is 0.0232. The maximum absolute atomic E-state index is 13.6. The summed E-state index contributed by atoms with van der Waals surface area (Å²) >= 11 is 0. The van der Waals surface area contributed by atoms with E-state index in [0.29, 0.717) is 23.7 Å². The number of nitrogens with one attached hydrogen (secondary N) is 1. The Bertz CT molecular complexity index is 1200. The van der Waals surface area contributed by atoms with Crippen molar-refractivity contribution in [2.24, 2.45) is 7.05 Å². The zero-order chi connectivity index (χ0) is 22.2. The number of carbonyl (C=O) groups is 1. The molecule has 0 bridgehead atoms. The van der Waals surface area contributed by atoms with Crippen LogP contribution in [0.5, 0.6) is 0 Å². The zero-order valence-electron chi connectivity index (χ0n) is 19.3. The van der Waals surface area contributed by atoms with Crippen molar-refractivity contribution >= 4 is 27.7 Å². The van der Waals surface area contributed by atoms with Crippen LogP contribution in [0.15, 0.2) is 35.3 Å². The second kappa shape index (κ2) is 8.74. The van der Waals surface area contributed by atoms with Crippen molar-refractivity contribution < 1.29 is 4.79 Å². The van der Waals surface area contributed by atoms with Gasteiger partial charge in [0.15, 0.2) is 0 Å². The summed E-state index contributed by atoms with van der Waals surface area (Å²) < 4.78 is 3.84. The van der Waals surface area contributed by atoms with Gasteiger partial charge >= 0.3 is 0 Å². The molecule has 1 unspecified atom stereocenters. The van der Waals surface area contributed by atoms with Crippen molar-refractivity contribution in [2.45, 2.75) is 64.0 Å². The van der Waals surface area contributed by atoms with Crippen molar-refractivity contribution in [1.82, 2.24) is 19.4 Å². The largest absolute Gasteiger partial charge is 0.350 e. The Labute approximate surface area is 189 Å². The molecule has 3 aromatic rings. The molecule has 1 atom stereocenters. The van der Waals surface area contributed by atoms with Gasteiger partial charge in [-0.3, -0.25) is 14.5 Å². The summed E-state index contributed by atoms with van der Waals surface area (Å²) in [7, 11) is 1.94. The lowest BCUT2D eigenvalue weighted by molar-refractivity contribution is 0.0942. The van der Waals surface area contributed by atoms with Gasteiger partial charge in [-0.1, -0.05) is 44.4 Å². The Morgan fingerprint density at radius 1 is 1.09 bits per heavy atom. The fraction of sp³-hybridized carbons (Fsp3) is 0.538. The SMILES string of the molecule is CCN1CCCC1CNC(=O)c1cn(C2CCCCC2)c(=O)c2c1c1ccccc1n2C. The van der Waals surface area contributed by atoms with Crippen LogP contribution in [0.4, 0.5) is 0 Å². The van der Waals surface area contributed by atoms with Gasteiger partial charge in [0.05, 0.1) is 5.56 Å². The van der Waals surface area contributed by atoms with E-state index in [1.54, 1.807) is 0 Å². The van der Waals surface area contributed by atoms with Crippen molar-refractivity contribution in [3.63, 3.8) is 0 Å². The third kappa shape index (κ3) is 3.54. The summed E-state index contributed by atoms with van der Waals surface area (Å²) in [4.78, 5) is 29.6. The molecule has 1 amide bonds. The Hall–Kier alpha value is -2.60. The van der Waals surface area contributed by atoms with E-state index in [1.165, 1.54) is 12.8 Å². The van der Waals surface area contributed by atoms with Gasteiger partial charge in [-0.25, -0.2) is 0 Å². The number of carbonyl (C=O) groups excluding carboxylic acids is 1. The van der Waals surface area contributed by atoms with Crippen LogP contribution in [0, 0.1) is 0 Å². The van der Waals surface area contributed by atoms with E-state index >= 15 is 0 Å². The number of pyridine rings is 1. The van der Waals surface area contributed by atoms with Crippen molar-refractivity contribution in [3.05, 3.63) is 46.4 Å². The average molecular weight is 435 g/mol. The molecule has 2 fully saturated rings. The fourth-order valence-corrected chi connectivity index (χ4v) is 5.95. The summed E-state index contributed by atoms with van der Waals surface area (Å²) in [6.07, 6.45) is 9.68. The number of hydrogen-bond acceptors (Lipinski definition) is 3. The van der Waals surface area contributed by atoms with Gasteiger partial charge in [-0.15, -0.1) is 0 Å². The maximum Gasteiger partial charge on any atom is 0.275 e. The molecule has 1 aliphatic heterocycles. The van der Waals surface area contributed by atoms with Crippen LogP contribution in [0.1, 0.15) is 68.3 Å². The third-order valence-corrected chi connectivity index (χ3v) is 7.70. The van der Waals surface area contributed by atoms with Gasteiger partial charge < -0.3 is 14.5 Å². The smallest absolute Gasteiger partial charge is 0.275 e. The maximum atomic E-state index is 13.6. The van der Waals surface area contributed by atoms with Gasteiger partial charge in [0.2, 0.25) is 0 Å². The summed E-state index contributed by atoms with van der Waals surface area (Å²) in [6.45, 7) is 4.96. The van der Waals surface area contributed by atoms with E-state index in [0.717, 1.165) is 61.5 Å². The molecule has 1 saturated heterocycles. The van der Waals surface area contributed by atoms with Crippen LogP contribution in [-0.2, 0) is 7.05 Å². The topological polar surface area (TPSA) is 59.3 Å². The number of benzene rings is 1. The summed E-state index contributed by atoms with van der Waals surface area (Å²) in [5.74, 6) is -0.0705. The molecule has 5 rings (SSSR count). The van der Waals surface area contributed by atoms with E-state index in [4.69, 9.17) is 0 Å². The Morgan fingerprint density at radius 2 is 1.88 bits per heavy atom. The third-order valence-electron chi connectivity index (χ3n) is 7.70. The Kier molecular flexibility index (Phi) is 5.80. The van der Waals surface area contributed by atoms with Gasteiger partial charge in [0.25, 0.3) is 11.5 Å². The number of likely N-dealkylation sites (N-methyl/N-ethyl adjacent to an activating group) is 1. The number of aromatic nitrogens is 2. The lowest BCUT2D eigenvalue weighted by atomic mass is 9.95. The minimum atomic E-state index is -0.0705. The van der Waals surface area contributed by atoms with Crippen molar-refractivity contribution in [2.75, 3.05) is 19.6 Å². The highest BCUT2D eigenvalue weighted by Crippen LogP contribution is 2.32. The molecule has 6 heteroatoms. The van der Waals surface area contributed by atoms with Crippen molar-refractivity contribution in [1.29, 1.82) is 0 Å². The molecule has 2 aliphatic rings. The monoisotopic (exact) mass is 434 g/mol. The van der Waals surface area contributed by atoms with Crippen LogP contribution < -0.4 is 10.9 Å². The van der Waals surface area contributed by atoms with E-state index in [1.807, 2.05) is 46.6 Å². The molecule has 170 valence electrons. The van der Waals surface area contributed by atoms with Gasteiger partial charge in [0, 0.05) is 48.2 Å². The number of para-hydroxylation sites is 1. The molecule has 1 saturated carbocycles. The number of hydrogen-bond donors (Lipinski definition) is 1. The number of fused-ring (bicyclic) bond motifs is 3. The first-order chi connectivity index (χ1) is 15.6. The number of amides is 1. The molecule has 32 heavy (non-hydrogen) atoms. The van der Waals surface area contributed by atoms with E-state index in [-0.39, 0.29) is 17.5 Å². The first-order valence-electron chi connectivity index (χ1n) is 12.2. The van der Waals surface area contributed by atoms with E-state index < -0.39 is 0 Å². The number of aryl methyl sites for hydroxylation is 1. The standard InChI is InChI=1S/C26H34N4O2/c1-3-29-15-9-12-19(29)16-27-25(31)21-17-30(18-10-5-4-6-11-18)26(32)24-23(21)20-13-7-8-14-22(20)28(24)2/h7-8,13-14,17-19H,3-6,9-12,15-16H2,1-2H3,(H,27,31). The summed E-state index contributed by atoms with van der Waals surface area (Å²) in [5, 5.41) is 4.98. The normalized spacial score (nSPS) is 20.4. The van der Waals surface area contributed by atoms with Gasteiger partial charge in [0.1, 0.15) is 5.52 Å². The highest BCUT2D eigenvalue weighted by molar-refractivity contribution is 6.17. The van der Waals surface area contributed by atoms with Crippen LogP contribution in [0.2, 0.25) is 0 Å². The molecule has 0 radical (unpaired) electrons. The first kappa shape index (κ1) is 21.3. The number of rotatable bonds is 5. The summed E-state index contributed by atoms with van der Waals surface area (Å²) in [6, 6.07) is 8.59. The van der Waals surface area contributed by atoms with Crippen LogP contribution in [-0.4, -0.2) is 45.6 Å². The highest BCUT2D eigenvalue weighted by Gasteiger charge is 2.27. The molecular formula is C26H34N4O2. The number of nitrogens with zero attached hydrogens (tertiary/aromatic N) is 3. The average Bonchev–Trinajstić information content (AvgIpc) is 3.41. The lowest BCUT2D eigenvalue weighted by Gasteiger charge is -2.25. The molecule has 1 aliphatic carbocycles. The summed E-state index contributed by atoms with van der Waals surface area (Å²) in [5.41, 5.74) is 2.28. The second-order valence-electron chi connectivity index (χ2n) is 9.48. The van der Waals surface area contributed by atoms with Gasteiger partial charge in [-0.2, -0.15) is 0 Å².